The van der Waals surface area contributed by atoms with Gasteiger partial charge in [-0.3, -0.25) is 19.7 Å². The van der Waals surface area contributed by atoms with Crippen LogP contribution in [-0.4, -0.2) is 45.5 Å². The maximum absolute atomic E-state index is 13.5. The van der Waals surface area contributed by atoms with Crippen molar-refractivity contribution in [1.29, 1.82) is 0 Å². The van der Waals surface area contributed by atoms with E-state index in [1.165, 1.54) is 17.8 Å². The molecule has 0 spiro atoms. The molecule has 2 amide bonds. The van der Waals surface area contributed by atoms with Crippen molar-refractivity contribution in [3.05, 3.63) is 58.6 Å². The summed E-state index contributed by atoms with van der Waals surface area (Å²) in [6.45, 7) is 0. The molecule has 31 heavy (non-hydrogen) atoms. The van der Waals surface area contributed by atoms with Gasteiger partial charge < -0.3 is 10.2 Å². The van der Waals surface area contributed by atoms with Gasteiger partial charge in [-0.2, -0.15) is 11.8 Å². The van der Waals surface area contributed by atoms with E-state index in [1.54, 1.807) is 42.5 Å². The molecular weight excluding hydrogens is 484 g/mol. The number of imide groups is 1. The van der Waals surface area contributed by atoms with Gasteiger partial charge in [0.15, 0.2) is 0 Å². The van der Waals surface area contributed by atoms with Crippen molar-refractivity contribution in [3.8, 4) is 5.75 Å². The third-order valence-electron chi connectivity index (χ3n) is 6.09. The lowest BCUT2D eigenvalue weighted by Gasteiger charge is -2.31. The average molecular weight is 505 g/mol. The Balaban J connectivity index is 1.86. The first kappa shape index (κ1) is 21.9. The maximum Gasteiger partial charge on any atom is 0.324 e. The predicted molar refractivity (Wildman–Crippen MR) is 121 cm³/mol. The fourth-order valence-corrected chi connectivity index (χ4v) is 5.45. The van der Waals surface area contributed by atoms with E-state index >= 15 is 0 Å². The number of carboxylic acid groups (broad SMARTS) is 1. The molecule has 9 heteroatoms. The molecule has 0 aliphatic carbocycles. The number of halogens is 1. The smallest absolute Gasteiger partial charge is 0.324 e. The van der Waals surface area contributed by atoms with Gasteiger partial charge in [0.2, 0.25) is 11.8 Å². The fourth-order valence-electron chi connectivity index (χ4n) is 4.66. The minimum Gasteiger partial charge on any atom is -0.508 e. The molecule has 0 radical (unpaired) electrons. The highest BCUT2D eigenvalue weighted by atomic mass is 79.9. The topological polar surface area (TPSA) is 107 Å². The molecule has 0 aromatic heterocycles. The van der Waals surface area contributed by atoms with E-state index in [0.717, 1.165) is 9.37 Å². The van der Waals surface area contributed by atoms with Crippen molar-refractivity contribution in [2.75, 3.05) is 16.9 Å². The van der Waals surface area contributed by atoms with Crippen LogP contribution in [0.3, 0.4) is 0 Å². The number of carbonyl (C=O) groups excluding carboxylic acids is 2. The first-order chi connectivity index (χ1) is 14.8. The number of para-hydroxylation sites is 1. The van der Waals surface area contributed by atoms with Crippen molar-refractivity contribution < 1.29 is 24.6 Å². The first-order valence-corrected chi connectivity index (χ1v) is 11.9. The van der Waals surface area contributed by atoms with Gasteiger partial charge in [-0.1, -0.05) is 34.1 Å². The number of carboxylic acids is 1. The van der Waals surface area contributed by atoms with E-state index in [0.29, 0.717) is 17.0 Å². The van der Waals surface area contributed by atoms with E-state index in [1.807, 2.05) is 6.26 Å². The van der Waals surface area contributed by atoms with Gasteiger partial charge in [-0.15, -0.1) is 0 Å². The molecular formula is C22H21BrN2O5S. The summed E-state index contributed by atoms with van der Waals surface area (Å²) >= 11 is 4.81. The molecule has 2 fully saturated rings. The normalized spacial score (nSPS) is 27.5. The van der Waals surface area contributed by atoms with Crippen molar-refractivity contribution in [3.63, 3.8) is 0 Å². The van der Waals surface area contributed by atoms with Crippen LogP contribution in [0.2, 0.25) is 0 Å². The van der Waals surface area contributed by atoms with Crippen LogP contribution in [0.25, 0.3) is 0 Å². The second-order valence-corrected chi connectivity index (χ2v) is 9.59. The van der Waals surface area contributed by atoms with Crippen molar-refractivity contribution >= 4 is 51.2 Å². The van der Waals surface area contributed by atoms with Crippen molar-refractivity contribution in [2.45, 2.75) is 18.0 Å². The molecule has 0 saturated carbocycles. The fraction of sp³-hybridized carbons (Fsp3) is 0.318. The minimum atomic E-state index is -1.61. The maximum atomic E-state index is 13.5. The lowest BCUT2D eigenvalue weighted by molar-refractivity contribution is -0.148. The summed E-state index contributed by atoms with van der Waals surface area (Å²) in [7, 11) is 0. The number of hydrogen-bond acceptors (Lipinski definition) is 6. The van der Waals surface area contributed by atoms with Gasteiger partial charge >= 0.3 is 5.97 Å². The summed E-state index contributed by atoms with van der Waals surface area (Å²) in [5.41, 5.74) is -0.811. The van der Waals surface area contributed by atoms with Crippen LogP contribution in [0.15, 0.2) is 53.0 Å². The number of thioether (sulfide) groups is 1. The summed E-state index contributed by atoms with van der Waals surface area (Å²) in [6.07, 6.45) is 2.03. The zero-order valence-corrected chi connectivity index (χ0v) is 19.0. The number of nitrogens with zero attached hydrogens (tertiary/aromatic N) is 1. The number of anilines is 1. The van der Waals surface area contributed by atoms with E-state index in [2.05, 4.69) is 21.2 Å². The number of phenols is 1. The van der Waals surface area contributed by atoms with Crippen LogP contribution < -0.4 is 10.2 Å². The molecule has 2 saturated heterocycles. The van der Waals surface area contributed by atoms with Gasteiger partial charge in [-0.05, 0) is 48.8 Å². The monoisotopic (exact) mass is 504 g/mol. The van der Waals surface area contributed by atoms with Gasteiger partial charge in [0.05, 0.1) is 17.5 Å². The van der Waals surface area contributed by atoms with Crippen LogP contribution in [0.5, 0.6) is 5.75 Å². The average Bonchev–Trinajstić information content (AvgIpc) is 3.22. The van der Waals surface area contributed by atoms with Crippen molar-refractivity contribution in [2.24, 2.45) is 11.8 Å². The summed E-state index contributed by atoms with van der Waals surface area (Å²) in [4.78, 5) is 40.7. The number of fused-ring (bicyclic) bond motifs is 1. The number of hydrogen-bond donors (Lipinski definition) is 3. The number of carbonyl (C=O) groups is 3. The lowest BCUT2D eigenvalue weighted by atomic mass is 9.78. The van der Waals surface area contributed by atoms with Crippen LogP contribution in [0.4, 0.5) is 5.69 Å². The van der Waals surface area contributed by atoms with Crippen LogP contribution >= 0.6 is 27.7 Å². The number of amides is 2. The van der Waals surface area contributed by atoms with Gasteiger partial charge in [0.1, 0.15) is 11.3 Å². The number of aromatic hydroxyl groups is 1. The zero-order chi connectivity index (χ0) is 22.3. The summed E-state index contributed by atoms with van der Waals surface area (Å²) < 4.78 is 0.796. The van der Waals surface area contributed by atoms with Gasteiger partial charge in [0, 0.05) is 16.1 Å². The first-order valence-electron chi connectivity index (χ1n) is 9.73. The van der Waals surface area contributed by atoms with E-state index in [-0.39, 0.29) is 12.2 Å². The molecule has 2 aromatic rings. The van der Waals surface area contributed by atoms with Crippen LogP contribution in [-0.2, 0) is 14.4 Å². The number of aliphatic carboxylic acids is 1. The molecule has 2 heterocycles. The highest BCUT2D eigenvalue weighted by Gasteiger charge is 2.68. The van der Waals surface area contributed by atoms with Crippen LogP contribution in [0.1, 0.15) is 18.0 Å². The number of rotatable bonds is 6. The molecule has 0 unspecified atom stereocenters. The Labute approximate surface area is 191 Å². The largest absolute Gasteiger partial charge is 0.508 e. The molecule has 7 nitrogen and oxygen atoms in total. The number of benzene rings is 2. The number of nitrogens with one attached hydrogen (secondary N) is 1. The Hall–Kier alpha value is -2.36. The standard InChI is InChI=1S/C22H21BrN2O5S/c1-31-11-10-22(21(29)30)17-16(18(24-22)14-4-2-3-5-15(14)26)19(27)25(20(17)28)13-8-6-12(23)7-9-13/h2-9,16-18,24,26H,10-11H2,1H3,(H,29,30)/t16-,17-,18+,22-/m0/s1. The molecule has 162 valence electrons. The SMILES string of the molecule is CSCC[C@]1(C(=O)O)N[C@H](c2ccccc2O)[C@H]2C(=O)N(c3ccc(Br)cc3)C(=O)[C@H]21. The highest BCUT2D eigenvalue weighted by Crippen LogP contribution is 2.52. The summed E-state index contributed by atoms with van der Waals surface area (Å²) in [6, 6.07) is 12.4. The third kappa shape index (κ3) is 3.44. The van der Waals surface area contributed by atoms with Crippen molar-refractivity contribution in [1.82, 2.24) is 5.32 Å². The molecule has 0 bridgehead atoms. The predicted octanol–water partition coefficient (Wildman–Crippen LogP) is 3.18. The zero-order valence-electron chi connectivity index (χ0n) is 16.6. The Morgan fingerprint density at radius 1 is 1.16 bits per heavy atom. The molecule has 4 atom stereocenters. The van der Waals surface area contributed by atoms with E-state index < -0.39 is 41.2 Å². The Morgan fingerprint density at radius 3 is 2.45 bits per heavy atom. The van der Waals surface area contributed by atoms with Crippen LogP contribution in [0, 0.1) is 11.8 Å². The van der Waals surface area contributed by atoms with Gasteiger partial charge in [0.25, 0.3) is 0 Å². The lowest BCUT2D eigenvalue weighted by Crippen LogP contribution is -2.56. The Kier molecular flexibility index (Phi) is 5.85. The highest BCUT2D eigenvalue weighted by molar-refractivity contribution is 9.10. The summed E-state index contributed by atoms with van der Waals surface area (Å²) in [5, 5.41) is 23.8. The van der Waals surface area contributed by atoms with E-state index in [9.17, 15) is 24.6 Å². The Bertz CT molecular complexity index is 1050. The molecule has 2 aromatic carbocycles. The summed E-state index contributed by atoms with van der Waals surface area (Å²) in [5.74, 6) is -3.76. The molecule has 2 aliphatic rings. The second-order valence-electron chi connectivity index (χ2n) is 7.69. The number of phenolic OH excluding ortho intramolecular Hbond substituents is 1. The Morgan fingerprint density at radius 2 is 1.84 bits per heavy atom. The van der Waals surface area contributed by atoms with E-state index in [4.69, 9.17) is 0 Å². The molecule has 2 aliphatic heterocycles. The minimum absolute atomic E-state index is 0.0489. The quantitative estimate of drug-likeness (QED) is 0.518. The molecule has 4 rings (SSSR count). The molecule has 3 N–H and O–H groups in total. The third-order valence-corrected chi connectivity index (χ3v) is 7.23. The van der Waals surface area contributed by atoms with Gasteiger partial charge in [-0.25, -0.2) is 4.90 Å². The second kappa shape index (κ2) is 8.29.